The third-order valence-electron chi connectivity index (χ3n) is 4.42. The van der Waals surface area contributed by atoms with Crippen LogP contribution in [0.15, 0.2) is 40.9 Å². The number of hydrogen-bond donors (Lipinski definition) is 1. The molecule has 1 aromatic carbocycles. The lowest BCUT2D eigenvalue weighted by molar-refractivity contribution is 0.00578. The van der Waals surface area contributed by atoms with Gasteiger partial charge in [-0.15, -0.1) is 0 Å². The van der Waals surface area contributed by atoms with Gasteiger partial charge in [0.1, 0.15) is 5.82 Å². The van der Waals surface area contributed by atoms with Crippen LogP contribution in [0.2, 0.25) is 0 Å². The van der Waals surface area contributed by atoms with Gasteiger partial charge in [-0.05, 0) is 63.7 Å². The van der Waals surface area contributed by atoms with Gasteiger partial charge in [0.25, 0.3) is 0 Å². The number of rotatable bonds is 4. The van der Waals surface area contributed by atoms with Crippen LogP contribution in [0.4, 0.5) is 4.39 Å². The molecule has 1 aromatic rings. The Morgan fingerprint density at radius 1 is 1.13 bits per heavy atom. The quantitative estimate of drug-likeness (QED) is 0.685. The van der Waals surface area contributed by atoms with Gasteiger partial charge in [-0.1, -0.05) is 0 Å². The fourth-order valence-electron chi connectivity index (χ4n) is 2.41. The van der Waals surface area contributed by atoms with Crippen molar-refractivity contribution in [1.82, 2.24) is 5.32 Å². The average Bonchev–Trinajstić information content (AvgIpc) is 2.69. The highest BCUT2D eigenvalue weighted by molar-refractivity contribution is 6.63. The molecule has 0 amide bonds. The van der Waals surface area contributed by atoms with Crippen molar-refractivity contribution in [2.75, 3.05) is 14.1 Å². The second-order valence-corrected chi connectivity index (χ2v) is 6.56. The van der Waals surface area contributed by atoms with Crippen molar-refractivity contribution in [3.8, 4) is 0 Å². The molecule has 0 unspecified atom stereocenters. The lowest BCUT2D eigenvalue weighted by Gasteiger charge is -2.32. The highest BCUT2D eigenvalue weighted by Crippen LogP contribution is 2.39. The van der Waals surface area contributed by atoms with Crippen molar-refractivity contribution in [1.29, 1.82) is 0 Å². The molecular weight excluding hydrogens is 294 g/mol. The molecule has 1 aliphatic heterocycles. The topological polar surface area (TPSA) is 42.9 Å². The third-order valence-corrected chi connectivity index (χ3v) is 4.42. The number of aliphatic imine (C=N–C) groups is 1. The normalized spacial score (nSPS) is 20.7. The van der Waals surface area contributed by atoms with Crippen molar-refractivity contribution < 1.29 is 13.7 Å². The zero-order valence-electron chi connectivity index (χ0n) is 14.6. The van der Waals surface area contributed by atoms with Gasteiger partial charge < -0.3 is 14.6 Å². The lowest BCUT2D eigenvalue weighted by atomic mass is 9.74. The maximum atomic E-state index is 13.2. The molecule has 2 rings (SSSR count). The summed E-state index contributed by atoms with van der Waals surface area (Å²) in [6, 6.07) is 6.24. The zero-order chi connectivity index (χ0) is 17.3. The van der Waals surface area contributed by atoms with Crippen molar-refractivity contribution in [2.45, 2.75) is 38.9 Å². The summed E-state index contributed by atoms with van der Waals surface area (Å²) in [5, 5.41) is 3.02. The van der Waals surface area contributed by atoms with Crippen LogP contribution in [0.1, 0.15) is 33.3 Å². The minimum Gasteiger partial charge on any atom is -0.399 e. The Balaban J connectivity index is 2.39. The molecule has 0 aromatic heterocycles. The first-order chi connectivity index (χ1) is 10.7. The Bertz CT molecular complexity index is 608. The van der Waals surface area contributed by atoms with Crippen LogP contribution in [0.3, 0.4) is 0 Å². The van der Waals surface area contributed by atoms with E-state index in [4.69, 9.17) is 9.31 Å². The highest BCUT2D eigenvalue weighted by Gasteiger charge is 2.53. The van der Waals surface area contributed by atoms with Gasteiger partial charge in [0.15, 0.2) is 0 Å². The van der Waals surface area contributed by atoms with Crippen molar-refractivity contribution in [3.05, 3.63) is 47.3 Å². The molecule has 0 saturated carbocycles. The van der Waals surface area contributed by atoms with Crippen LogP contribution in [-0.4, -0.2) is 38.1 Å². The van der Waals surface area contributed by atoms with E-state index >= 15 is 0 Å². The van der Waals surface area contributed by atoms with E-state index in [2.05, 4.69) is 10.3 Å². The summed E-state index contributed by atoms with van der Waals surface area (Å²) in [5.41, 5.74) is 1.42. The fraction of sp³-hybridized carbons (Fsp3) is 0.471. The molecule has 23 heavy (non-hydrogen) atoms. The summed E-state index contributed by atoms with van der Waals surface area (Å²) in [5.74, 6) is -0.279. The molecular formula is C17H24BFN2O2. The van der Waals surface area contributed by atoms with Crippen LogP contribution in [-0.2, 0) is 9.31 Å². The molecule has 1 aliphatic rings. The molecule has 4 nitrogen and oxygen atoms in total. The summed E-state index contributed by atoms with van der Waals surface area (Å²) >= 11 is 0. The average molecular weight is 318 g/mol. The van der Waals surface area contributed by atoms with E-state index in [1.165, 1.54) is 12.1 Å². The predicted octanol–water partition coefficient (Wildman–Crippen LogP) is 2.98. The molecule has 1 N–H and O–H groups in total. The Labute approximate surface area is 137 Å². The first-order valence-corrected chi connectivity index (χ1v) is 7.68. The van der Waals surface area contributed by atoms with Gasteiger partial charge in [0, 0.05) is 19.6 Å². The molecule has 1 saturated heterocycles. The molecule has 0 radical (unpaired) electrons. The van der Waals surface area contributed by atoms with E-state index in [-0.39, 0.29) is 5.82 Å². The van der Waals surface area contributed by atoms with Crippen LogP contribution >= 0.6 is 0 Å². The van der Waals surface area contributed by atoms with Gasteiger partial charge in [0.05, 0.1) is 16.9 Å². The number of allylic oxidation sites excluding steroid dienone is 1. The molecule has 0 atom stereocenters. The van der Waals surface area contributed by atoms with E-state index < -0.39 is 18.3 Å². The fourth-order valence-corrected chi connectivity index (χ4v) is 2.41. The molecule has 6 heteroatoms. The number of nitrogens with zero attached hydrogens (tertiary/aromatic N) is 1. The Morgan fingerprint density at radius 3 is 2.09 bits per heavy atom. The van der Waals surface area contributed by atoms with E-state index in [1.54, 1.807) is 19.2 Å². The lowest BCUT2D eigenvalue weighted by Crippen LogP contribution is -2.41. The van der Waals surface area contributed by atoms with E-state index in [0.717, 1.165) is 11.0 Å². The largest absolute Gasteiger partial charge is 0.498 e. The van der Waals surface area contributed by atoms with E-state index in [0.29, 0.717) is 5.71 Å². The van der Waals surface area contributed by atoms with Crippen molar-refractivity contribution in [3.63, 3.8) is 0 Å². The Kier molecular flexibility index (Phi) is 4.97. The highest BCUT2D eigenvalue weighted by atomic mass is 19.1. The van der Waals surface area contributed by atoms with Gasteiger partial charge in [0.2, 0.25) is 0 Å². The maximum absolute atomic E-state index is 13.2. The summed E-state index contributed by atoms with van der Waals surface area (Å²) in [6.07, 6.45) is 1.81. The molecule has 124 valence electrons. The first-order valence-electron chi connectivity index (χ1n) is 7.68. The second-order valence-electron chi connectivity index (χ2n) is 6.56. The molecule has 0 aliphatic carbocycles. The minimum atomic E-state index is -0.545. The van der Waals surface area contributed by atoms with Crippen LogP contribution in [0.25, 0.3) is 0 Å². The predicted molar refractivity (Wildman–Crippen MR) is 92.1 cm³/mol. The van der Waals surface area contributed by atoms with Crippen LogP contribution in [0.5, 0.6) is 0 Å². The van der Waals surface area contributed by atoms with Gasteiger partial charge in [-0.3, -0.25) is 4.99 Å². The molecule has 0 spiro atoms. The summed E-state index contributed by atoms with van der Waals surface area (Å²) < 4.78 is 25.4. The summed E-state index contributed by atoms with van der Waals surface area (Å²) in [6.45, 7) is 8.02. The summed E-state index contributed by atoms with van der Waals surface area (Å²) in [4.78, 5) is 4.37. The SMILES string of the molecule is C/N=C(\C(=C/NC)B1OC(C)(C)C(C)(C)O1)c1ccc(F)cc1. The van der Waals surface area contributed by atoms with Gasteiger partial charge >= 0.3 is 7.12 Å². The number of nitrogens with one attached hydrogen (secondary N) is 1. The third kappa shape index (κ3) is 3.48. The smallest absolute Gasteiger partial charge is 0.399 e. The van der Waals surface area contributed by atoms with Crippen molar-refractivity contribution in [2.24, 2.45) is 4.99 Å². The second kappa shape index (κ2) is 6.45. The molecule has 1 fully saturated rings. The van der Waals surface area contributed by atoms with Crippen molar-refractivity contribution >= 4 is 12.8 Å². The number of hydrogen-bond acceptors (Lipinski definition) is 4. The number of halogens is 1. The van der Waals surface area contributed by atoms with Gasteiger partial charge in [-0.25, -0.2) is 4.39 Å². The van der Waals surface area contributed by atoms with E-state index in [9.17, 15) is 4.39 Å². The van der Waals surface area contributed by atoms with E-state index in [1.807, 2.05) is 40.9 Å². The first kappa shape index (κ1) is 17.7. The standard InChI is InChI=1S/C17H24BFN2O2/c1-16(2)17(3,4)23-18(22-16)14(11-20-5)15(21-6)12-7-9-13(19)10-8-12/h7-11,20H,1-6H3/b14-11+,21-15-. The monoisotopic (exact) mass is 318 g/mol. The van der Waals surface area contributed by atoms with Gasteiger partial charge in [-0.2, -0.15) is 0 Å². The maximum Gasteiger partial charge on any atom is 0.498 e. The molecule has 1 heterocycles. The Hall–Kier alpha value is -1.66. The summed E-state index contributed by atoms with van der Waals surface area (Å²) in [7, 11) is 2.97. The van der Waals surface area contributed by atoms with Crippen LogP contribution in [0, 0.1) is 5.82 Å². The Morgan fingerprint density at radius 2 is 1.65 bits per heavy atom. The zero-order valence-corrected chi connectivity index (χ0v) is 14.6. The minimum absolute atomic E-state index is 0.279. The number of benzene rings is 1. The molecule has 0 bridgehead atoms. The van der Waals surface area contributed by atoms with Crippen LogP contribution < -0.4 is 5.32 Å².